The third-order valence-electron chi connectivity index (χ3n) is 4.65. The van der Waals surface area contributed by atoms with Crippen LogP contribution in [0.4, 0.5) is 0 Å². The number of rotatable bonds is 8. The summed E-state index contributed by atoms with van der Waals surface area (Å²) in [6.07, 6.45) is -1.16. The predicted molar refractivity (Wildman–Crippen MR) is 104 cm³/mol. The summed E-state index contributed by atoms with van der Waals surface area (Å²) >= 11 is 0. The molecule has 0 radical (unpaired) electrons. The van der Waals surface area contributed by atoms with Gasteiger partial charge in [-0.15, -0.1) is 0 Å². The SMILES string of the molecule is O=C(O)CCS(=O)(=O)c1ccc2c(c1)C(=O)c1cc(S(=O)(=O)CCC(=O)O)ccc1-2. The molecule has 158 valence electrons. The van der Waals surface area contributed by atoms with E-state index in [1.807, 2.05) is 0 Å². The maximum absolute atomic E-state index is 12.8. The number of aliphatic carboxylic acids is 2. The van der Waals surface area contributed by atoms with Gasteiger partial charge in [0.15, 0.2) is 25.5 Å². The number of carboxylic acids is 2. The summed E-state index contributed by atoms with van der Waals surface area (Å²) in [4.78, 5) is 33.7. The summed E-state index contributed by atoms with van der Waals surface area (Å²) in [5.41, 5.74) is 1.01. The predicted octanol–water partition coefficient (Wildman–Crippen LogP) is 1.39. The summed E-state index contributed by atoms with van der Waals surface area (Å²) in [5.74, 6) is -4.33. The number of ketones is 1. The van der Waals surface area contributed by atoms with Crippen molar-refractivity contribution in [1.29, 1.82) is 0 Å². The molecule has 9 nitrogen and oxygen atoms in total. The van der Waals surface area contributed by atoms with E-state index in [0.29, 0.717) is 11.1 Å². The van der Waals surface area contributed by atoms with Crippen LogP contribution in [0.5, 0.6) is 0 Å². The first-order valence-electron chi connectivity index (χ1n) is 8.65. The van der Waals surface area contributed by atoms with Crippen LogP contribution in [0.25, 0.3) is 11.1 Å². The highest BCUT2D eigenvalue weighted by molar-refractivity contribution is 7.91. The van der Waals surface area contributed by atoms with Gasteiger partial charge in [-0.3, -0.25) is 14.4 Å². The van der Waals surface area contributed by atoms with Gasteiger partial charge in [0.25, 0.3) is 0 Å². The average molecular weight is 452 g/mol. The molecule has 2 aromatic carbocycles. The minimum Gasteiger partial charge on any atom is -0.481 e. The van der Waals surface area contributed by atoms with Gasteiger partial charge in [-0.25, -0.2) is 16.8 Å². The highest BCUT2D eigenvalue weighted by atomic mass is 32.2. The van der Waals surface area contributed by atoms with Gasteiger partial charge in [0.2, 0.25) is 0 Å². The van der Waals surface area contributed by atoms with E-state index in [4.69, 9.17) is 10.2 Å². The molecule has 0 bridgehead atoms. The van der Waals surface area contributed by atoms with E-state index in [1.54, 1.807) is 0 Å². The Bertz CT molecular complexity index is 1190. The number of hydrogen-bond donors (Lipinski definition) is 2. The molecule has 0 aromatic heterocycles. The molecule has 0 spiro atoms. The van der Waals surface area contributed by atoms with Crippen molar-refractivity contribution in [3.8, 4) is 11.1 Å². The molecule has 0 atom stereocenters. The Morgan fingerprint density at radius 2 is 1.03 bits per heavy atom. The fourth-order valence-corrected chi connectivity index (χ4v) is 5.61. The highest BCUT2D eigenvalue weighted by Crippen LogP contribution is 2.39. The molecule has 1 aliphatic carbocycles. The zero-order valence-corrected chi connectivity index (χ0v) is 17.0. The lowest BCUT2D eigenvalue weighted by Gasteiger charge is -2.06. The van der Waals surface area contributed by atoms with Gasteiger partial charge >= 0.3 is 11.9 Å². The highest BCUT2D eigenvalue weighted by Gasteiger charge is 2.30. The number of hydrogen-bond acceptors (Lipinski definition) is 7. The number of benzene rings is 2. The van der Waals surface area contributed by atoms with Crippen molar-refractivity contribution in [2.45, 2.75) is 22.6 Å². The first-order valence-corrected chi connectivity index (χ1v) is 11.9. The maximum Gasteiger partial charge on any atom is 0.304 e. The second-order valence-corrected chi connectivity index (χ2v) is 10.9. The Balaban J connectivity index is 1.97. The summed E-state index contributed by atoms with van der Waals surface area (Å²) in [6.45, 7) is 0. The largest absolute Gasteiger partial charge is 0.481 e. The number of carbonyl (C=O) groups is 3. The first kappa shape index (κ1) is 21.7. The minimum absolute atomic E-state index is 0.0708. The van der Waals surface area contributed by atoms with E-state index in [0.717, 1.165) is 12.1 Å². The van der Waals surface area contributed by atoms with Crippen molar-refractivity contribution >= 4 is 37.4 Å². The average Bonchev–Trinajstić information content (AvgIpc) is 2.96. The van der Waals surface area contributed by atoms with Crippen LogP contribution >= 0.6 is 0 Å². The van der Waals surface area contributed by atoms with Crippen molar-refractivity contribution in [1.82, 2.24) is 0 Å². The quantitative estimate of drug-likeness (QED) is 0.515. The van der Waals surface area contributed by atoms with Crippen LogP contribution in [0.2, 0.25) is 0 Å². The Labute approximate surface area is 171 Å². The molecular formula is C19H16O9S2. The van der Waals surface area contributed by atoms with Gasteiger partial charge in [0.05, 0.1) is 34.1 Å². The Hall–Kier alpha value is -3.05. The van der Waals surface area contributed by atoms with E-state index in [9.17, 15) is 31.2 Å². The molecule has 0 heterocycles. The Kier molecular flexibility index (Phi) is 5.52. The number of carboxylic acid groups (broad SMARTS) is 2. The molecule has 0 saturated carbocycles. The van der Waals surface area contributed by atoms with Crippen LogP contribution < -0.4 is 0 Å². The zero-order valence-electron chi connectivity index (χ0n) is 15.4. The fourth-order valence-electron chi connectivity index (χ4n) is 3.10. The Morgan fingerprint density at radius 1 is 0.667 bits per heavy atom. The molecule has 0 fully saturated rings. The lowest BCUT2D eigenvalue weighted by atomic mass is 10.1. The van der Waals surface area contributed by atoms with Crippen molar-refractivity contribution in [2.75, 3.05) is 11.5 Å². The first-order chi connectivity index (χ1) is 13.9. The van der Waals surface area contributed by atoms with Gasteiger partial charge < -0.3 is 10.2 Å². The van der Waals surface area contributed by atoms with Crippen molar-refractivity contribution < 1.29 is 41.4 Å². The topological polar surface area (TPSA) is 160 Å². The van der Waals surface area contributed by atoms with Crippen molar-refractivity contribution in [3.63, 3.8) is 0 Å². The lowest BCUT2D eigenvalue weighted by Crippen LogP contribution is -2.12. The fraction of sp³-hybridized carbons (Fsp3) is 0.211. The van der Waals surface area contributed by atoms with Gasteiger partial charge in [0, 0.05) is 11.1 Å². The van der Waals surface area contributed by atoms with Gasteiger partial charge in [-0.05, 0) is 35.4 Å². The summed E-state index contributed by atoms with van der Waals surface area (Å²) in [7, 11) is -7.84. The minimum atomic E-state index is -3.92. The van der Waals surface area contributed by atoms with E-state index < -0.39 is 61.7 Å². The normalized spacial score (nSPS) is 13.0. The van der Waals surface area contributed by atoms with Crippen LogP contribution in [-0.4, -0.2) is 56.3 Å². The third-order valence-corrected chi connectivity index (χ3v) is 8.08. The molecule has 3 rings (SSSR count). The summed E-state index contributed by atoms with van der Waals surface area (Å²) in [6, 6.07) is 7.71. The zero-order chi connectivity index (χ0) is 22.3. The van der Waals surface area contributed by atoms with E-state index in [-0.39, 0.29) is 20.9 Å². The van der Waals surface area contributed by atoms with Gasteiger partial charge in [0.1, 0.15) is 0 Å². The standard InChI is InChI=1S/C19H16O9S2/c20-17(21)5-7-29(25,26)11-1-3-13-14-4-2-12(30(27,28)8-6-18(22)23)10-16(14)19(24)15(13)9-11/h1-4,9-10H,5-8H2,(H,20,21)(H,22,23). The molecule has 11 heteroatoms. The van der Waals surface area contributed by atoms with E-state index in [2.05, 4.69) is 0 Å². The maximum atomic E-state index is 12.8. The molecule has 0 unspecified atom stereocenters. The van der Waals surface area contributed by atoms with Crippen LogP contribution in [0.1, 0.15) is 28.8 Å². The lowest BCUT2D eigenvalue weighted by molar-refractivity contribution is -0.137. The van der Waals surface area contributed by atoms with Crippen LogP contribution in [0, 0.1) is 0 Å². The molecule has 30 heavy (non-hydrogen) atoms. The summed E-state index contributed by atoms with van der Waals surface area (Å²) < 4.78 is 49.3. The van der Waals surface area contributed by atoms with Gasteiger partial charge in [-0.2, -0.15) is 0 Å². The second kappa shape index (κ2) is 7.65. The number of sulfone groups is 2. The van der Waals surface area contributed by atoms with Crippen LogP contribution in [0.15, 0.2) is 46.2 Å². The second-order valence-electron chi connectivity index (χ2n) is 6.67. The van der Waals surface area contributed by atoms with E-state index in [1.165, 1.54) is 24.3 Å². The van der Waals surface area contributed by atoms with E-state index >= 15 is 0 Å². The third kappa shape index (κ3) is 4.12. The summed E-state index contributed by atoms with van der Waals surface area (Å²) in [5, 5.41) is 17.4. The molecule has 1 aliphatic rings. The van der Waals surface area contributed by atoms with Crippen molar-refractivity contribution in [3.05, 3.63) is 47.5 Å². The smallest absolute Gasteiger partial charge is 0.304 e. The van der Waals surface area contributed by atoms with Crippen LogP contribution in [-0.2, 0) is 29.3 Å². The molecule has 2 aromatic rings. The molecule has 0 aliphatic heterocycles. The molecular weight excluding hydrogens is 436 g/mol. The van der Waals surface area contributed by atoms with Crippen LogP contribution in [0.3, 0.4) is 0 Å². The molecule has 2 N–H and O–H groups in total. The number of carbonyl (C=O) groups excluding carboxylic acids is 1. The number of fused-ring (bicyclic) bond motifs is 3. The molecule has 0 saturated heterocycles. The molecule has 0 amide bonds. The van der Waals surface area contributed by atoms with Crippen molar-refractivity contribution in [2.24, 2.45) is 0 Å². The van der Waals surface area contributed by atoms with Gasteiger partial charge in [-0.1, -0.05) is 12.1 Å². The monoisotopic (exact) mass is 452 g/mol. The Morgan fingerprint density at radius 3 is 1.37 bits per heavy atom.